The topological polar surface area (TPSA) is 71.2 Å². The molecule has 1 aliphatic rings. The number of nitrogens with two attached hydrogens (primary N) is 1. The Morgan fingerprint density at radius 3 is 3.00 bits per heavy atom. The number of hydrogen-bond donors (Lipinski definition) is 2. The highest BCUT2D eigenvalue weighted by molar-refractivity contribution is 7.99. The van der Waals surface area contributed by atoms with Crippen LogP contribution < -0.4 is 11.1 Å². The van der Waals surface area contributed by atoms with Gasteiger partial charge in [0.25, 0.3) is 5.91 Å². The zero-order valence-electron chi connectivity index (χ0n) is 11.0. The quantitative estimate of drug-likeness (QED) is 0.813. The third kappa shape index (κ3) is 4.49. The van der Waals surface area contributed by atoms with Crippen molar-refractivity contribution in [2.45, 2.75) is 6.54 Å². The molecular weight excluding hydrogens is 260 g/mol. The molecule has 2 rings (SSSR count). The lowest BCUT2D eigenvalue weighted by molar-refractivity contribution is 0.0948. The first-order chi connectivity index (χ1) is 9.29. The number of aromatic nitrogens is 1. The molecule has 0 aliphatic carbocycles. The van der Waals surface area contributed by atoms with E-state index in [1.54, 1.807) is 18.3 Å². The van der Waals surface area contributed by atoms with Crippen molar-refractivity contribution in [1.29, 1.82) is 0 Å². The maximum absolute atomic E-state index is 12.0. The van der Waals surface area contributed by atoms with Crippen LogP contribution in [0.2, 0.25) is 0 Å². The number of carbonyl (C=O) groups is 1. The fourth-order valence-electron chi connectivity index (χ4n) is 1.99. The highest BCUT2D eigenvalue weighted by atomic mass is 32.2. The number of hydrogen-bond acceptors (Lipinski definition) is 5. The van der Waals surface area contributed by atoms with Gasteiger partial charge in [-0.05, 0) is 12.1 Å². The summed E-state index contributed by atoms with van der Waals surface area (Å²) in [6.07, 6.45) is 1.62. The van der Waals surface area contributed by atoms with Crippen LogP contribution in [0.5, 0.6) is 0 Å². The van der Waals surface area contributed by atoms with Crippen molar-refractivity contribution < 1.29 is 4.79 Å². The average Bonchev–Trinajstić information content (AvgIpc) is 2.48. The van der Waals surface area contributed by atoms with Crippen molar-refractivity contribution >= 4 is 17.7 Å². The molecule has 0 bridgehead atoms. The van der Waals surface area contributed by atoms with E-state index in [0.29, 0.717) is 18.7 Å². The predicted molar refractivity (Wildman–Crippen MR) is 78.2 cm³/mol. The molecule has 0 radical (unpaired) electrons. The minimum atomic E-state index is -0.0523. The summed E-state index contributed by atoms with van der Waals surface area (Å²) in [5.41, 5.74) is 6.88. The van der Waals surface area contributed by atoms with Crippen molar-refractivity contribution in [2.75, 3.05) is 37.7 Å². The van der Waals surface area contributed by atoms with Gasteiger partial charge in [0, 0.05) is 56.0 Å². The van der Waals surface area contributed by atoms with Crippen LogP contribution in [0.15, 0.2) is 18.3 Å². The fourth-order valence-corrected chi connectivity index (χ4v) is 2.96. The molecule has 1 fully saturated rings. The smallest absolute Gasteiger partial charge is 0.251 e. The van der Waals surface area contributed by atoms with Crippen LogP contribution in [0.25, 0.3) is 0 Å². The van der Waals surface area contributed by atoms with Crippen LogP contribution in [0, 0.1) is 0 Å². The summed E-state index contributed by atoms with van der Waals surface area (Å²) in [7, 11) is 0. The van der Waals surface area contributed by atoms with Crippen molar-refractivity contribution in [2.24, 2.45) is 5.73 Å². The molecule has 0 aromatic carbocycles. The molecular formula is C13H20N4OS. The largest absolute Gasteiger partial charge is 0.351 e. The second kappa shape index (κ2) is 7.47. The van der Waals surface area contributed by atoms with Gasteiger partial charge in [-0.15, -0.1) is 0 Å². The summed E-state index contributed by atoms with van der Waals surface area (Å²) in [6.45, 7) is 4.19. The molecule has 1 aromatic heterocycles. The molecule has 19 heavy (non-hydrogen) atoms. The van der Waals surface area contributed by atoms with E-state index in [2.05, 4.69) is 15.2 Å². The lowest BCUT2D eigenvalue weighted by atomic mass is 10.2. The second-order valence-electron chi connectivity index (χ2n) is 4.45. The molecule has 5 nitrogen and oxygen atoms in total. The van der Waals surface area contributed by atoms with E-state index in [1.807, 2.05) is 11.8 Å². The van der Waals surface area contributed by atoms with Gasteiger partial charge in [0.2, 0.25) is 0 Å². The monoisotopic (exact) mass is 280 g/mol. The summed E-state index contributed by atoms with van der Waals surface area (Å²) >= 11 is 1.99. The molecule has 1 aliphatic heterocycles. The number of rotatable bonds is 5. The van der Waals surface area contributed by atoms with Crippen LogP contribution in [-0.2, 0) is 6.54 Å². The highest BCUT2D eigenvalue weighted by Crippen LogP contribution is 2.08. The average molecular weight is 280 g/mol. The minimum Gasteiger partial charge on any atom is -0.351 e. The maximum Gasteiger partial charge on any atom is 0.251 e. The summed E-state index contributed by atoms with van der Waals surface area (Å²) in [4.78, 5) is 18.4. The van der Waals surface area contributed by atoms with Gasteiger partial charge in [-0.2, -0.15) is 11.8 Å². The maximum atomic E-state index is 12.0. The van der Waals surface area contributed by atoms with Gasteiger partial charge >= 0.3 is 0 Å². The first-order valence-corrected chi connectivity index (χ1v) is 7.68. The van der Waals surface area contributed by atoms with Crippen molar-refractivity contribution in [3.05, 3.63) is 29.6 Å². The summed E-state index contributed by atoms with van der Waals surface area (Å²) in [6, 6.07) is 3.46. The van der Waals surface area contributed by atoms with Crippen LogP contribution in [-0.4, -0.2) is 53.5 Å². The first kappa shape index (κ1) is 14.3. The first-order valence-electron chi connectivity index (χ1n) is 6.53. The Balaban J connectivity index is 1.77. The Labute approximate surface area is 117 Å². The lowest BCUT2D eigenvalue weighted by Gasteiger charge is -2.25. The Bertz CT molecular complexity index is 421. The number of thioether (sulfide) groups is 1. The summed E-state index contributed by atoms with van der Waals surface area (Å²) in [5, 5.41) is 2.94. The lowest BCUT2D eigenvalue weighted by Crippen LogP contribution is -2.39. The van der Waals surface area contributed by atoms with Crippen LogP contribution in [0.1, 0.15) is 16.1 Å². The molecule has 1 amide bonds. The van der Waals surface area contributed by atoms with Crippen molar-refractivity contribution in [1.82, 2.24) is 15.2 Å². The number of nitrogens with zero attached hydrogens (tertiary/aromatic N) is 2. The van der Waals surface area contributed by atoms with Crippen molar-refractivity contribution in [3.63, 3.8) is 0 Å². The van der Waals surface area contributed by atoms with E-state index in [9.17, 15) is 4.79 Å². The SMILES string of the molecule is NCc1cc(C(=O)NCCN2CCSCC2)ccn1. The Morgan fingerprint density at radius 1 is 1.47 bits per heavy atom. The van der Waals surface area contributed by atoms with Gasteiger partial charge in [-0.25, -0.2) is 0 Å². The van der Waals surface area contributed by atoms with E-state index in [1.165, 1.54) is 11.5 Å². The number of pyridine rings is 1. The molecule has 1 saturated heterocycles. The number of nitrogens with one attached hydrogen (secondary N) is 1. The molecule has 3 N–H and O–H groups in total. The van der Waals surface area contributed by atoms with E-state index < -0.39 is 0 Å². The zero-order valence-corrected chi connectivity index (χ0v) is 11.8. The molecule has 0 atom stereocenters. The standard InChI is InChI=1S/C13H20N4OS/c14-10-12-9-11(1-2-15-12)13(18)16-3-4-17-5-7-19-8-6-17/h1-2,9H,3-8,10,14H2,(H,16,18). The minimum absolute atomic E-state index is 0.0523. The third-order valence-electron chi connectivity index (χ3n) is 3.11. The molecule has 6 heteroatoms. The van der Waals surface area contributed by atoms with Gasteiger partial charge in [-0.3, -0.25) is 14.7 Å². The Kier molecular flexibility index (Phi) is 5.62. The van der Waals surface area contributed by atoms with Crippen LogP contribution in [0.4, 0.5) is 0 Å². The van der Waals surface area contributed by atoms with E-state index in [-0.39, 0.29) is 5.91 Å². The number of carbonyl (C=O) groups excluding carboxylic acids is 1. The van der Waals surface area contributed by atoms with Gasteiger partial charge in [-0.1, -0.05) is 0 Å². The molecule has 0 spiro atoms. The van der Waals surface area contributed by atoms with Gasteiger partial charge in [0.15, 0.2) is 0 Å². The van der Waals surface area contributed by atoms with E-state index in [4.69, 9.17) is 5.73 Å². The normalized spacial score (nSPS) is 16.3. The second-order valence-corrected chi connectivity index (χ2v) is 5.67. The van der Waals surface area contributed by atoms with Crippen LogP contribution in [0.3, 0.4) is 0 Å². The van der Waals surface area contributed by atoms with E-state index >= 15 is 0 Å². The summed E-state index contributed by atoms with van der Waals surface area (Å²) in [5.74, 6) is 2.33. The van der Waals surface area contributed by atoms with Gasteiger partial charge in [0.05, 0.1) is 5.69 Å². The predicted octanol–water partition coefficient (Wildman–Crippen LogP) is 0.319. The molecule has 2 heterocycles. The van der Waals surface area contributed by atoms with E-state index in [0.717, 1.165) is 25.3 Å². The molecule has 1 aromatic rings. The van der Waals surface area contributed by atoms with Gasteiger partial charge in [0.1, 0.15) is 0 Å². The Hall–Kier alpha value is -1.11. The Morgan fingerprint density at radius 2 is 2.26 bits per heavy atom. The molecule has 104 valence electrons. The van der Waals surface area contributed by atoms with Crippen molar-refractivity contribution in [3.8, 4) is 0 Å². The molecule has 0 unspecified atom stereocenters. The third-order valence-corrected chi connectivity index (χ3v) is 4.05. The highest BCUT2D eigenvalue weighted by Gasteiger charge is 2.11. The molecule has 0 saturated carbocycles. The summed E-state index contributed by atoms with van der Waals surface area (Å²) < 4.78 is 0. The van der Waals surface area contributed by atoms with Gasteiger partial charge < -0.3 is 11.1 Å². The zero-order chi connectivity index (χ0) is 13.5. The fraction of sp³-hybridized carbons (Fsp3) is 0.538. The van der Waals surface area contributed by atoms with Crippen LogP contribution >= 0.6 is 11.8 Å². The number of amides is 1.